The Kier molecular flexibility index (Phi) is 5.40. The lowest BCUT2D eigenvalue weighted by molar-refractivity contribution is -0.144. The number of benzene rings is 2. The monoisotopic (exact) mass is 477 g/mol. The number of likely N-dealkylation sites (tertiary alicyclic amines) is 1. The number of carboxylic acid groups (broad SMARTS) is 1. The minimum Gasteiger partial charge on any atom is -0.497 e. The molecule has 2 aromatic rings. The van der Waals surface area contributed by atoms with E-state index in [0.717, 1.165) is 16.7 Å². The Morgan fingerprint density at radius 3 is 2.46 bits per heavy atom. The molecule has 3 aliphatic rings. The summed E-state index contributed by atoms with van der Waals surface area (Å²) < 4.78 is 5.18. The smallest absolute Gasteiger partial charge is 0.303 e. The summed E-state index contributed by atoms with van der Waals surface area (Å²) in [5, 5.41) is 15.5. The number of fused-ring (bicyclic) bond motifs is 4. The molecule has 3 amide bonds. The van der Waals surface area contributed by atoms with Gasteiger partial charge in [0.25, 0.3) is 0 Å². The number of hydrogen-bond donors (Lipinski definition) is 3. The molecule has 1 spiro atoms. The van der Waals surface area contributed by atoms with Crippen LogP contribution < -0.4 is 15.4 Å². The number of amides is 3. The highest BCUT2D eigenvalue weighted by molar-refractivity contribution is 6.15. The molecule has 9 heteroatoms. The van der Waals surface area contributed by atoms with Gasteiger partial charge in [-0.15, -0.1) is 0 Å². The molecular weight excluding hydrogens is 450 g/mol. The highest BCUT2D eigenvalue weighted by atomic mass is 16.5. The lowest BCUT2D eigenvalue weighted by atomic mass is 9.76. The highest BCUT2D eigenvalue weighted by Gasteiger charge is 2.70. The molecule has 35 heavy (non-hydrogen) atoms. The maximum Gasteiger partial charge on any atom is 0.303 e. The van der Waals surface area contributed by atoms with E-state index in [1.165, 1.54) is 4.90 Å². The van der Waals surface area contributed by atoms with Crippen molar-refractivity contribution >= 4 is 29.4 Å². The van der Waals surface area contributed by atoms with Crippen molar-refractivity contribution in [2.24, 2.45) is 11.8 Å². The summed E-state index contributed by atoms with van der Waals surface area (Å²) in [5.74, 6) is -3.34. The third-order valence-electron chi connectivity index (χ3n) is 7.68. The van der Waals surface area contributed by atoms with Crippen molar-refractivity contribution in [2.45, 2.75) is 44.8 Å². The van der Waals surface area contributed by atoms with E-state index < -0.39 is 35.3 Å². The first kappa shape index (κ1) is 23.0. The molecule has 3 aliphatic heterocycles. The summed E-state index contributed by atoms with van der Waals surface area (Å²) >= 11 is 0. The van der Waals surface area contributed by atoms with Gasteiger partial charge in [0.15, 0.2) is 0 Å². The maximum atomic E-state index is 13.8. The molecule has 5 rings (SSSR count). The average molecular weight is 478 g/mol. The number of anilines is 1. The van der Waals surface area contributed by atoms with E-state index in [1.54, 1.807) is 31.4 Å². The molecule has 0 aromatic heterocycles. The fourth-order valence-electron chi connectivity index (χ4n) is 5.78. The van der Waals surface area contributed by atoms with E-state index in [9.17, 15) is 24.3 Å². The van der Waals surface area contributed by atoms with Crippen molar-refractivity contribution in [3.63, 3.8) is 0 Å². The van der Waals surface area contributed by atoms with Crippen LogP contribution >= 0.6 is 0 Å². The van der Waals surface area contributed by atoms with Gasteiger partial charge in [0.1, 0.15) is 11.3 Å². The van der Waals surface area contributed by atoms with Crippen LogP contribution in [0.25, 0.3) is 0 Å². The molecule has 9 nitrogen and oxygen atoms in total. The van der Waals surface area contributed by atoms with Crippen LogP contribution in [0.3, 0.4) is 0 Å². The van der Waals surface area contributed by atoms with Crippen molar-refractivity contribution in [1.29, 1.82) is 0 Å². The number of nitrogens with zero attached hydrogens (tertiary/aromatic N) is 1. The van der Waals surface area contributed by atoms with Gasteiger partial charge in [-0.3, -0.25) is 29.4 Å². The van der Waals surface area contributed by atoms with Gasteiger partial charge in [-0.1, -0.05) is 24.3 Å². The Morgan fingerprint density at radius 1 is 1.09 bits per heavy atom. The second-order valence-electron chi connectivity index (χ2n) is 9.49. The zero-order valence-electron chi connectivity index (χ0n) is 19.8. The van der Waals surface area contributed by atoms with E-state index in [-0.39, 0.29) is 31.2 Å². The van der Waals surface area contributed by atoms with Gasteiger partial charge in [0.05, 0.1) is 25.5 Å². The average Bonchev–Trinajstić information content (AvgIpc) is 3.41. The zero-order valence-corrected chi connectivity index (χ0v) is 19.8. The molecule has 2 aromatic carbocycles. The molecule has 0 saturated carbocycles. The number of methoxy groups -OCH3 is 1. The lowest BCUT2D eigenvalue weighted by Gasteiger charge is -2.29. The Balaban J connectivity index is 1.57. The maximum absolute atomic E-state index is 13.8. The van der Waals surface area contributed by atoms with Crippen molar-refractivity contribution in [1.82, 2.24) is 10.2 Å². The molecule has 0 bridgehead atoms. The van der Waals surface area contributed by atoms with E-state index in [4.69, 9.17) is 4.74 Å². The van der Waals surface area contributed by atoms with Crippen LogP contribution in [0.5, 0.6) is 5.75 Å². The van der Waals surface area contributed by atoms with Crippen molar-refractivity contribution < 1.29 is 29.0 Å². The minimum atomic E-state index is -1.43. The number of nitrogens with one attached hydrogen (secondary N) is 2. The predicted octanol–water partition coefficient (Wildman–Crippen LogP) is 2.10. The SMILES string of the molecule is COc1ccc(CN2C(=O)[C@@H]3[C@@H](CCC(=O)O)N[C@@]4(C(=O)Nc5c4ccc(C)c5C)[C@H]3C2=O)cc1. The van der Waals surface area contributed by atoms with Gasteiger partial charge in [0, 0.05) is 23.7 Å². The predicted molar refractivity (Wildman–Crippen MR) is 126 cm³/mol. The highest BCUT2D eigenvalue weighted by Crippen LogP contribution is 2.54. The Bertz CT molecular complexity index is 1260. The quantitative estimate of drug-likeness (QED) is 0.544. The van der Waals surface area contributed by atoms with Gasteiger partial charge >= 0.3 is 5.97 Å². The molecule has 0 unspecified atom stereocenters. The minimum absolute atomic E-state index is 0.0673. The molecule has 0 radical (unpaired) electrons. The van der Waals surface area contributed by atoms with Gasteiger partial charge in [0.2, 0.25) is 17.7 Å². The van der Waals surface area contributed by atoms with Crippen LogP contribution in [-0.2, 0) is 31.3 Å². The molecule has 4 atom stereocenters. The number of aryl methyl sites for hydroxylation is 1. The Labute approximate surface area is 202 Å². The topological polar surface area (TPSA) is 125 Å². The fraction of sp³-hybridized carbons (Fsp3) is 0.385. The molecule has 0 aliphatic carbocycles. The van der Waals surface area contributed by atoms with Gasteiger partial charge in [-0.2, -0.15) is 0 Å². The van der Waals surface area contributed by atoms with Gasteiger partial charge in [-0.05, 0) is 49.1 Å². The zero-order chi connectivity index (χ0) is 25.1. The first-order chi connectivity index (χ1) is 16.7. The summed E-state index contributed by atoms with van der Waals surface area (Å²) in [6.45, 7) is 3.91. The number of carboxylic acids is 1. The Hall–Kier alpha value is -3.72. The molecule has 182 valence electrons. The van der Waals surface area contributed by atoms with Gasteiger partial charge in [-0.25, -0.2) is 0 Å². The van der Waals surface area contributed by atoms with Crippen LogP contribution in [-0.4, -0.2) is 46.8 Å². The van der Waals surface area contributed by atoms with Crippen LogP contribution in [0.2, 0.25) is 0 Å². The van der Waals surface area contributed by atoms with Crippen LogP contribution in [0, 0.1) is 25.7 Å². The molecule has 3 heterocycles. The van der Waals surface area contributed by atoms with Crippen LogP contribution in [0.15, 0.2) is 36.4 Å². The van der Waals surface area contributed by atoms with Crippen molar-refractivity contribution in [3.8, 4) is 5.75 Å². The summed E-state index contributed by atoms with van der Waals surface area (Å²) in [5.41, 5.74) is 2.49. The summed E-state index contributed by atoms with van der Waals surface area (Å²) in [4.78, 5) is 53.5. The molecule has 3 N–H and O–H groups in total. The Morgan fingerprint density at radius 2 is 1.80 bits per heavy atom. The number of rotatable bonds is 6. The first-order valence-corrected chi connectivity index (χ1v) is 11.6. The van der Waals surface area contributed by atoms with E-state index in [1.807, 2.05) is 26.0 Å². The fourth-order valence-corrected chi connectivity index (χ4v) is 5.78. The van der Waals surface area contributed by atoms with Crippen LogP contribution in [0.1, 0.15) is 35.1 Å². The third kappa shape index (κ3) is 3.33. The van der Waals surface area contributed by atoms with Gasteiger partial charge < -0.3 is 15.2 Å². The number of imide groups is 1. The van der Waals surface area contributed by atoms with E-state index in [2.05, 4.69) is 10.6 Å². The standard InChI is InChI=1S/C26H27N3O6/c1-13-4-9-17-22(14(13)2)27-25(34)26(17)21-20(18(28-26)10-11-19(30)31)23(32)29(24(21)33)12-15-5-7-16(35-3)8-6-15/h4-9,18,20-21,28H,10-12H2,1-3H3,(H,27,34)(H,30,31)/t18-,20-,21-,26-/m1/s1. The van der Waals surface area contributed by atoms with Crippen LogP contribution in [0.4, 0.5) is 5.69 Å². The second kappa shape index (κ2) is 8.20. The molecule has 2 saturated heterocycles. The van der Waals surface area contributed by atoms with E-state index >= 15 is 0 Å². The number of aliphatic carboxylic acids is 1. The molecular formula is C26H27N3O6. The largest absolute Gasteiger partial charge is 0.497 e. The third-order valence-corrected chi connectivity index (χ3v) is 7.68. The first-order valence-electron chi connectivity index (χ1n) is 11.6. The van der Waals surface area contributed by atoms with Crippen molar-refractivity contribution in [2.75, 3.05) is 12.4 Å². The number of carbonyl (C=O) groups excluding carboxylic acids is 3. The second-order valence-corrected chi connectivity index (χ2v) is 9.49. The normalized spacial score (nSPS) is 26.8. The number of carbonyl (C=O) groups is 4. The van der Waals surface area contributed by atoms with Crippen molar-refractivity contribution in [3.05, 3.63) is 58.7 Å². The molecule has 2 fully saturated rings. The summed E-state index contributed by atoms with van der Waals surface area (Å²) in [6, 6.07) is 10.2. The number of ether oxygens (including phenoxy) is 1. The number of hydrogen-bond acceptors (Lipinski definition) is 6. The van der Waals surface area contributed by atoms with E-state index in [0.29, 0.717) is 17.0 Å². The lowest BCUT2D eigenvalue weighted by Crippen LogP contribution is -2.53. The summed E-state index contributed by atoms with van der Waals surface area (Å²) in [6.07, 6.45) is -0.0561. The summed E-state index contributed by atoms with van der Waals surface area (Å²) in [7, 11) is 1.56.